The summed E-state index contributed by atoms with van der Waals surface area (Å²) in [6.45, 7) is 0.959. The molecule has 0 aromatic carbocycles. The van der Waals surface area contributed by atoms with E-state index in [0.29, 0.717) is 0 Å². The molecule has 13 N–H and O–H groups in total. The Kier molecular flexibility index (Phi) is 14.2. The Morgan fingerprint density at radius 3 is 1.54 bits per heavy atom. The second-order valence-electron chi connectivity index (χ2n) is 12.6. The maximum absolute atomic E-state index is 12.5. The second-order valence-corrected chi connectivity index (χ2v) is 12.6. The van der Waals surface area contributed by atoms with E-state index in [1.807, 2.05) is 0 Å². The Labute approximate surface area is 285 Å². The SMILES string of the molecule is CC(=O)N[C@@H]1[C@@H](O[C@@H]2O[C@H](CO)[C@@H](O)[C@H](O[C@@H]3O[C@H](CO)[C@H](O)[C@H](O)[C@H]3O[C@@H]3O[C@@H](C)[C@@H](O)[C@@H](O)[C@@H]3O)[C@H]2NC(C)=O)[C@@H](O)[C@@H](CO)O[C@@H]1O. The molecule has 0 unspecified atom stereocenters. The van der Waals surface area contributed by atoms with Gasteiger partial charge in [0.05, 0.1) is 25.9 Å². The number of aliphatic hydroxyl groups excluding tert-OH is 11. The van der Waals surface area contributed by atoms with Gasteiger partial charge in [0.1, 0.15) is 91.4 Å². The van der Waals surface area contributed by atoms with E-state index >= 15 is 0 Å². The van der Waals surface area contributed by atoms with Crippen molar-refractivity contribution in [2.24, 2.45) is 0 Å². The Bertz CT molecular complexity index is 1130. The molecule has 290 valence electrons. The normalized spacial score (nSPS) is 48.5. The Balaban J connectivity index is 1.69. The largest absolute Gasteiger partial charge is 0.394 e. The first kappa shape index (κ1) is 41.0. The fourth-order valence-corrected chi connectivity index (χ4v) is 6.27. The Morgan fingerprint density at radius 2 is 0.980 bits per heavy atom. The number of hydrogen-bond acceptors (Lipinski definition) is 20. The molecule has 22 nitrogen and oxygen atoms in total. The van der Waals surface area contributed by atoms with Crippen LogP contribution in [0.5, 0.6) is 0 Å². The summed E-state index contributed by atoms with van der Waals surface area (Å²) in [5.74, 6) is -1.44. The van der Waals surface area contributed by atoms with Crippen LogP contribution in [0.25, 0.3) is 0 Å². The van der Waals surface area contributed by atoms with Crippen molar-refractivity contribution in [3.05, 3.63) is 0 Å². The summed E-state index contributed by atoms with van der Waals surface area (Å²) in [5.41, 5.74) is 0. The van der Waals surface area contributed by atoms with E-state index in [4.69, 9.17) is 33.2 Å². The highest BCUT2D eigenvalue weighted by Crippen LogP contribution is 2.34. The average molecular weight is 733 g/mol. The van der Waals surface area contributed by atoms with Crippen LogP contribution in [-0.2, 0) is 42.7 Å². The highest BCUT2D eigenvalue weighted by Gasteiger charge is 2.56. The molecule has 4 rings (SSSR count). The van der Waals surface area contributed by atoms with Gasteiger partial charge in [0.15, 0.2) is 25.2 Å². The number of nitrogens with one attached hydrogen (secondary N) is 2. The van der Waals surface area contributed by atoms with Crippen LogP contribution in [0.4, 0.5) is 0 Å². The third kappa shape index (κ3) is 8.70. The molecule has 0 radical (unpaired) electrons. The van der Waals surface area contributed by atoms with Crippen molar-refractivity contribution >= 4 is 11.8 Å². The number of carbonyl (C=O) groups excluding carboxylic acids is 2. The summed E-state index contributed by atoms with van der Waals surface area (Å²) >= 11 is 0. The van der Waals surface area contributed by atoms with Crippen LogP contribution in [-0.4, -0.2) is 211 Å². The molecule has 4 saturated heterocycles. The molecule has 22 heteroatoms. The highest BCUT2D eigenvalue weighted by molar-refractivity contribution is 5.73. The molecule has 0 spiro atoms. The minimum absolute atomic E-state index is 0.683. The van der Waals surface area contributed by atoms with Crippen LogP contribution >= 0.6 is 0 Å². The van der Waals surface area contributed by atoms with Gasteiger partial charge in [-0.1, -0.05) is 0 Å². The Hall–Kier alpha value is -1.78. The van der Waals surface area contributed by atoms with E-state index in [2.05, 4.69) is 10.6 Å². The van der Waals surface area contributed by atoms with Crippen molar-refractivity contribution in [1.29, 1.82) is 0 Å². The van der Waals surface area contributed by atoms with Crippen molar-refractivity contribution in [3.8, 4) is 0 Å². The topological polar surface area (TPSA) is 345 Å². The molecule has 0 aromatic heterocycles. The van der Waals surface area contributed by atoms with Crippen LogP contribution in [0, 0.1) is 0 Å². The quantitative estimate of drug-likeness (QED) is 0.0938. The van der Waals surface area contributed by atoms with Gasteiger partial charge in [-0.05, 0) is 6.92 Å². The van der Waals surface area contributed by atoms with E-state index < -0.39 is 154 Å². The summed E-state index contributed by atoms with van der Waals surface area (Å²) < 4.78 is 39.8. The molecular weight excluding hydrogens is 684 g/mol. The van der Waals surface area contributed by atoms with Crippen LogP contribution in [0.3, 0.4) is 0 Å². The van der Waals surface area contributed by atoms with Gasteiger partial charge in [0, 0.05) is 13.8 Å². The van der Waals surface area contributed by atoms with Crippen molar-refractivity contribution in [2.75, 3.05) is 19.8 Å². The molecule has 0 bridgehead atoms. The first-order chi connectivity index (χ1) is 23.5. The minimum atomic E-state index is -1.95. The van der Waals surface area contributed by atoms with Gasteiger partial charge in [-0.2, -0.15) is 0 Å². The van der Waals surface area contributed by atoms with Gasteiger partial charge in [-0.15, -0.1) is 0 Å². The maximum atomic E-state index is 12.5. The predicted molar refractivity (Wildman–Crippen MR) is 156 cm³/mol. The van der Waals surface area contributed by atoms with Gasteiger partial charge < -0.3 is 100.0 Å². The van der Waals surface area contributed by atoms with Gasteiger partial charge in [0.25, 0.3) is 0 Å². The second kappa shape index (κ2) is 17.4. The van der Waals surface area contributed by atoms with E-state index in [1.165, 1.54) is 6.92 Å². The number of aliphatic hydroxyl groups is 11. The highest BCUT2D eigenvalue weighted by atomic mass is 16.8. The van der Waals surface area contributed by atoms with Gasteiger partial charge in [0.2, 0.25) is 11.8 Å². The molecule has 4 aliphatic heterocycles. The van der Waals surface area contributed by atoms with Crippen LogP contribution in [0.2, 0.25) is 0 Å². The smallest absolute Gasteiger partial charge is 0.217 e. The first-order valence-electron chi connectivity index (χ1n) is 15.9. The minimum Gasteiger partial charge on any atom is -0.394 e. The molecule has 0 aromatic rings. The number of rotatable bonds is 11. The molecule has 0 saturated carbocycles. The van der Waals surface area contributed by atoms with Crippen LogP contribution < -0.4 is 10.6 Å². The summed E-state index contributed by atoms with van der Waals surface area (Å²) in [7, 11) is 0. The summed E-state index contributed by atoms with van der Waals surface area (Å²) in [4.78, 5) is 24.4. The molecule has 0 aliphatic carbocycles. The van der Waals surface area contributed by atoms with Crippen molar-refractivity contribution < 1.29 is 98.9 Å². The molecule has 4 aliphatic rings. The zero-order chi connectivity index (χ0) is 37.2. The number of carbonyl (C=O) groups is 2. The summed E-state index contributed by atoms with van der Waals surface area (Å²) in [5, 5.41) is 120. The number of amides is 2. The lowest BCUT2D eigenvalue weighted by atomic mass is 9.93. The molecular formula is C28H48N2O20. The fraction of sp³-hybridized carbons (Fsp3) is 0.929. The van der Waals surface area contributed by atoms with Crippen molar-refractivity contribution in [3.63, 3.8) is 0 Å². The molecule has 20 atom stereocenters. The van der Waals surface area contributed by atoms with E-state index in [-0.39, 0.29) is 0 Å². The third-order valence-corrected chi connectivity index (χ3v) is 8.97. The first-order valence-corrected chi connectivity index (χ1v) is 15.9. The average Bonchev–Trinajstić information content (AvgIpc) is 3.06. The van der Waals surface area contributed by atoms with E-state index in [1.54, 1.807) is 0 Å². The van der Waals surface area contributed by atoms with Crippen LogP contribution in [0.1, 0.15) is 20.8 Å². The lowest BCUT2D eigenvalue weighted by Crippen LogP contribution is -2.71. The zero-order valence-corrected chi connectivity index (χ0v) is 27.3. The monoisotopic (exact) mass is 732 g/mol. The molecule has 4 fully saturated rings. The van der Waals surface area contributed by atoms with Gasteiger partial charge >= 0.3 is 0 Å². The summed E-state index contributed by atoms with van der Waals surface area (Å²) in [6, 6.07) is -3.08. The maximum Gasteiger partial charge on any atom is 0.217 e. The molecule has 4 heterocycles. The molecule has 2 amide bonds. The van der Waals surface area contributed by atoms with Crippen LogP contribution in [0.15, 0.2) is 0 Å². The Morgan fingerprint density at radius 1 is 0.520 bits per heavy atom. The lowest BCUT2D eigenvalue weighted by molar-refractivity contribution is -0.384. The number of ether oxygens (including phenoxy) is 7. The molecule has 50 heavy (non-hydrogen) atoms. The standard InChI is InChI=1S/C28H48N2O20/c1-7-15(36)19(40)21(42)27(44-7)50-24-20(41)16(37)10(4-31)47-28(24)49-23-14(30-9(3)35)26(46-12(6-33)18(23)39)48-22-13(29-8(2)34)25(43)45-11(5-32)17(22)38/h7,10-28,31-33,36-43H,4-6H2,1-3H3,(H,29,34)(H,30,35)/t7-,10+,11+,12+,13+,14+,15+,16-,17-,18+,19+,20-,21-,22+,23+,24+,25-,26-,27-,28-/m0/s1. The van der Waals surface area contributed by atoms with Gasteiger partial charge in [-0.25, -0.2) is 0 Å². The predicted octanol–water partition coefficient (Wildman–Crippen LogP) is -8.43. The van der Waals surface area contributed by atoms with E-state index in [0.717, 1.165) is 13.8 Å². The third-order valence-electron chi connectivity index (χ3n) is 8.97. The lowest BCUT2D eigenvalue weighted by Gasteiger charge is -2.50. The fourth-order valence-electron chi connectivity index (χ4n) is 6.27. The zero-order valence-electron chi connectivity index (χ0n) is 27.3. The van der Waals surface area contributed by atoms with E-state index in [9.17, 15) is 65.8 Å². The van der Waals surface area contributed by atoms with Gasteiger partial charge in [-0.3, -0.25) is 9.59 Å². The van der Waals surface area contributed by atoms with Crippen molar-refractivity contribution in [1.82, 2.24) is 10.6 Å². The number of hydrogen-bond donors (Lipinski definition) is 13. The summed E-state index contributed by atoms with van der Waals surface area (Å²) in [6.07, 6.45) is -30.6. The van der Waals surface area contributed by atoms with Crippen molar-refractivity contribution in [2.45, 2.75) is 143 Å².